The Bertz CT molecular complexity index is 1060. The first kappa shape index (κ1) is 21.3. The number of hydrogen-bond donors (Lipinski definition) is 3. The summed E-state index contributed by atoms with van der Waals surface area (Å²) in [6, 6.07) is 10.7. The van der Waals surface area contributed by atoms with Gasteiger partial charge >= 0.3 is 0 Å². The van der Waals surface area contributed by atoms with Crippen molar-refractivity contribution in [2.45, 2.75) is 33.7 Å². The maximum Gasteiger partial charge on any atom is 0.256 e. The van der Waals surface area contributed by atoms with Crippen molar-refractivity contribution >= 4 is 23.1 Å². The smallest absolute Gasteiger partial charge is 0.256 e. The van der Waals surface area contributed by atoms with Gasteiger partial charge in [0.1, 0.15) is 11.6 Å². The van der Waals surface area contributed by atoms with Gasteiger partial charge in [0, 0.05) is 34.2 Å². The summed E-state index contributed by atoms with van der Waals surface area (Å²) in [6.45, 7) is 7.53. The van der Waals surface area contributed by atoms with Crippen LogP contribution in [0.2, 0.25) is 0 Å². The van der Waals surface area contributed by atoms with Crippen LogP contribution in [0.1, 0.15) is 45.8 Å². The van der Waals surface area contributed by atoms with Gasteiger partial charge < -0.3 is 21.1 Å². The predicted octanol–water partition coefficient (Wildman–Crippen LogP) is 4.43. The number of nitrogens with two attached hydrogens (primary N) is 1. The molecule has 0 saturated heterocycles. The largest absolute Gasteiger partial charge is 0.497 e. The second-order valence-corrected chi connectivity index (χ2v) is 7.31. The Morgan fingerprint density at radius 1 is 1.10 bits per heavy atom. The fraction of sp³-hybridized carbons (Fsp3) is 0.261. The van der Waals surface area contributed by atoms with E-state index in [1.54, 1.807) is 19.4 Å². The summed E-state index contributed by atoms with van der Waals surface area (Å²) < 4.78 is 5.20. The van der Waals surface area contributed by atoms with Gasteiger partial charge in [-0.05, 0) is 69.7 Å². The molecule has 0 aliphatic carbocycles. The Hall–Kier alpha value is -3.45. The van der Waals surface area contributed by atoms with E-state index in [1.165, 1.54) is 0 Å². The maximum absolute atomic E-state index is 13.2. The normalized spacial score (nSPS) is 11.7. The van der Waals surface area contributed by atoms with E-state index in [1.807, 2.05) is 58.0 Å². The number of carbonyl (C=O) groups is 1. The van der Waals surface area contributed by atoms with Crippen molar-refractivity contribution in [3.8, 4) is 5.75 Å². The van der Waals surface area contributed by atoms with E-state index in [0.717, 1.165) is 22.7 Å². The lowest BCUT2D eigenvalue weighted by molar-refractivity contribution is 0.102. The van der Waals surface area contributed by atoms with Crippen LogP contribution in [0.15, 0.2) is 42.6 Å². The first-order valence-corrected chi connectivity index (χ1v) is 9.71. The van der Waals surface area contributed by atoms with Crippen molar-refractivity contribution in [1.82, 2.24) is 9.97 Å². The molecule has 1 atom stereocenters. The topological polar surface area (TPSA) is 102 Å². The number of ether oxygens (including phenoxy) is 1. The Balaban J connectivity index is 1.98. The number of nitrogens with one attached hydrogen (secondary N) is 2. The van der Waals surface area contributed by atoms with Gasteiger partial charge in [-0.3, -0.25) is 9.78 Å². The molecule has 0 aliphatic heterocycles. The summed E-state index contributed by atoms with van der Waals surface area (Å²) in [5.74, 6) is 1.06. The van der Waals surface area contributed by atoms with Crippen LogP contribution in [0, 0.1) is 20.8 Å². The van der Waals surface area contributed by atoms with Crippen LogP contribution in [0.5, 0.6) is 5.75 Å². The van der Waals surface area contributed by atoms with Crippen molar-refractivity contribution in [3.63, 3.8) is 0 Å². The van der Waals surface area contributed by atoms with Crippen molar-refractivity contribution < 1.29 is 9.53 Å². The van der Waals surface area contributed by atoms with E-state index in [9.17, 15) is 4.79 Å². The third-order valence-corrected chi connectivity index (χ3v) is 4.74. The molecule has 3 aromatic rings. The zero-order valence-electron chi connectivity index (χ0n) is 17.9. The molecule has 1 aromatic carbocycles. The van der Waals surface area contributed by atoms with Crippen LogP contribution < -0.4 is 21.1 Å². The fourth-order valence-electron chi connectivity index (χ4n) is 3.26. The second-order valence-electron chi connectivity index (χ2n) is 7.31. The summed E-state index contributed by atoms with van der Waals surface area (Å²) >= 11 is 0. The number of aromatic nitrogens is 2. The molecule has 0 bridgehead atoms. The molecular formula is C23H27N5O2. The van der Waals surface area contributed by atoms with E-state index in [4.69, 9.17) is 10.5 Å². The number of methoxy groups -OCH3 is 1. The first-order valence-electron chi connectivity index (χ1n) is 9.71. The Kier molecular flexibility index (Phi) is 6.32. The Labute approximate surface area is 176 Å². The number of nitrogens with zero attached hydrogens (tertiary/aromatic N) is 2. The maximum atomic E-state index is 13.2. The molecular weight excluding hydrogens is 378 g/mol. The number of rotatable bonds is 6. The third-order valence-electron chi connectivity index (χ3n) is 4.74. The molecule has 7 nitrogen and oxygen atoms in total. The van der Waals surface area contributed by atoms with E-state index < -0.39 is 6.04 Å². The van der Waals surface area contributed by atoms with Gasteiger partial charge in [0.15, 0.2) is 0 Å². The van der Waals surface area contributed by atoms with Gasteiger partial charge in [0.2, 0.25) is 0 Å². The van der Waals surface area contributed by atoms with Gasteiger partial charge in [-0.25, -0.2) is 4.98 Å². The van der Waals surface area contributed by atoms with E-state index in [0.29, 0.717) is 28.3 Å². The minimum Gasteiger partial charge on any atom is -0.497 e. The third kappa shape index (κ3) is 4.75. The molecule has 1 unspecified atom stereocenters. The highest BCUT2D eigenvalue weighted by atomic mass is 16.5. The van der Waals surface area contributed by atoms with Crippen LogP contribution in [-0.4, -0.2) is 23.0 Å². The minimum atomic E-state index is -0.406. The predicted molar refractivity (Wildman–Crippen MR) is 120 cm³/mol. The van der Waals surface area contributed by atoms with Crippen molar-refractivity contribution in [3.05, 3.63) is 70.7 Å². The van der Waals surface area contributed by atoms with Crippen molar-refractivity contribution in [1.29, 1.82) is 0 Å². The molecule has 0 fully saturated rings. The summed E-state index contributed by atoms with van der Waals surface area (Å²) in [6.07, 6.45) is 1.67. The lowest BCUT2D eigenvalue weighted by atomic mass is 10.0. The second kappa shape index (κ2) is 8.92. The first-order chi connectivity index (χ1) is 14.3. The van der Waals surface area contributed by atoms with Gasteiger partial charge in [0.05, 0.1) is 19.0 Å². The highest BCUT2D eigenvalue weighted by molar-refractivity contribution is 6.06. The molecule has 1 amide bonds. The zero-order valence-corrected chi connectivity index (χ0v) is 17.9. The van der Waals surface area contributed by atoms with Crippen LogP contribution in [0.4, 0.5) is 17.2 Å². The molecule has 7 heteroatoms. The molecule has 0 saturated carbocycles. The van der Waals surface area contributed by atoms with Gasteiger partial charge in [0.25, 0.3) is 5.91 Å². The number of carbonyl (C=O) groups excluding carboxylic acids is 1. The summed E-state index contributed by atoms with van der Waals surface area (Å²) in [5.41, 5.74) is 11.4. The quantitative estimate of drug-likeness (QED) is 0.561. The monoisotopic (exact) mass is 405 g/mol. The SMILES string of the molecule is COc1ccc(Nc2nc(C)cc(C(=O)Nc3cnc(C)cc3C)c2C(C)N)cc1. The van der Waals surface area contributed by atoms with Gasteiger partial charge in [-0.15, -0.1) is 0 Å². The standard InChI is InChI=1S/C23H27N5O2/c1-13-10-14(2)25-12-20(13)28-23(29)19-11-15(3)26-22(21(19)16(4)24)27-17-6-8-18(30-5)9-7-17/h6-12,16H,24H2,1-5H3,(H,26,27)(H,28,29). The summed E-state index contributed by atoms with van der Waals surface area (Å²) in [5, 5.41) is 6.24. The lowest BCUT2D eigenvalue weighted by Gasteiger charge is -2.19. The molecule has 2 heterocycles. The molecule has 2 aromatic heterocycles. The van der Waals surface area contributed by atoms with E-state index in [2.05, 4.69) is 20.6 Å². The zero-order chi connectivity index (χ0) is 21.8. The van der Waals surface area contributed by atoms with E-state index in [-0.39, 0.29) is 5.91 Å². The molecule has 4 N–H and O–H groups in total. The van der Waals surface area contributed by atoms with Crippen LogP contribution in [0.25, 0.3) is 0 Å². The Morgan fingerprint density at radius 3 is 2.40 bits per heavy atom. The average molecular weight is 406 g/mol. The summed E-state index contributed by atoms with van der Waals surface area (Å²) in [7, 11) is 1.62. The van der Waals surface area contributed by atoms with Gasteiger partial charge in [-0.2, -0.15) is 0 Å². The average Bonchev–Trinajstić information content (AvgIpc) is 2.70. The molecule has 156 valence electrons. The number of aryl methyl sites for hydroxylation is 3. The number of pyridine rings is 2. The lowest BCUT2D eigenvalue weighted by Crippen LogP contribution is -2.21. The molecule has 3 rings (SSSR count). The van der Waals surface area contributed by atoms with Crippen molar-refractivity contribution in [2.75, 3.05) is 17.7 Å². The number of amides is 1. The molecule has 0 spiro atoms. The highest BCUT2D eigenvalue weighted by Crippen LogP contribution is 2.29. The number of anilines is 3. The van der Waals surface area contributed by atoms with Crippen LogP contribution in [-0.2, 0) is 0 Å². The fourth-order valence-corrected chi connectivity index (χ4v) is 3.26. The van der Waals surface area contributed by atoms with Gasteiger partial charge in [-0.1, -0.05) is 0 Å². The Morgan fingerprint density at radius 2 is 1.80 bits per heavy atom. The van der Waals surface area contributed by atoms with Crippen molar-refractivity contribution in [2.24, 2.45) is 5.73 Å². The molecule has 30 heavy (non-hydrogen) atoms. The van der Waals surface area contributed by atoms with Crippen LogP contribution in [0.3, 0.4) is 0 Å². The minimum absolute atomic E-state index is 0.251. The van der Waals surface area contributed by atoms with E-state index >= 15 is 0 Å². The highest BCUT2D eigenvalue weighted by Gasteiger charge is 2.21. The summed E-state index contributed by atoms with van der Waals surface area (Å²) in [4.78, 5) is 22.0. The van der Waals surface area contributed by atoms with Crippen LogP contribution >= 0.6 is 0 Å². The molecule has 0 aliphatic rings. The molecule has 0 radical (unpaired) electrons. The number of benzene rings is 1. The number of hydrogen-bond acceptors (Lipinski definition) is 6.